The third-order valence-electron chi connectivity index (χ3n) is 4.63. The fourth-order valence-corrected chi connectivity index (χ4v) is 3.99. The van der Waals surface area contributed by atoms with E-state index in [1.54, 1.807) is 30.5 Å². The van der Waals surface area contributed by atoms with Gasteiger partial charge in [0.15, 0.2) is 5.96 Å². The second-order valence-electron chi connectivity index (χ2n) is 6.49. The number of amides is 1. The van der Waals surface area contributed by atoms with Crippen LogP contribution in [-0.4, -0.2) is 43.4 Å². The Morgan fingerprint density at radius 1 is 1.22 bits per heavy atom. The Hall–Kier alpha value is -2.41. The second-order valence-corrected chi connectivity index (χ2v) is 7.49. The Morgan fingerprint density at radius 3 is 2.78 bits per heavy atom. The predicted molar refractivity (Wildman–Crippen MR) is 108 cm³/mol. The molecule has 0 saturated carbocycles. The van der Waals surface area contributed by atoms with Crippen molar-refractivity contribution in [1.82, 2.24) is 15.5 Å². The Balaban J connectivity index is 1.36. The number of guanidine groups is 1. The molecule has 5 nitrogen and oxygen atoms in total. The highest BCUT2D eigenvalue weighted by Crippen LogP contribution is 2.24. The second kappa shape index (κ2) is 9.50. The van der Waals surface area contributed by atoms with Crippen LogP contribution >= 0.6 is 11.3 Å². The minimum atomic E-state index is -0.224. The van der Waals surface area contributed by atoms with Crippen LogP contribution in [0.25, 0.3) is 0 Å². The van der Waals surface area contributed by atoms with Crippen molar-refractivity contribution in [3.8, 4) is 0 Å². The number of carbonyl (C=O) groups is 1. The zero-order chi connectivity index (χ0) is 19.1. The molecule has 2 N–H and O–H groups in total. The van der Waals surface area contributed by atoms with Crippen molar-refractivity contribution in [2.45, 2.75) is 25.8 Å². The highest BCUT2D eigenvalue weighted by Gasteiger charge is 2.20. The van der Waals surface area contributed by atoms with Crippen LogP contribution < -0.4 is 10.6 Å². The molecule has 1 aliphatic heterocycles. The number of nitrogens with zero attached hydrogens (tertiary/aromatic N) is 2. The number of nitrogens with one attached hydrogen (secondary N) is 2. The van der Waals surface area contributed by atoms with Crippen LogP contribution in [0.1, 0.15) is 22.4 Å². The van der Waals surface area contributed by atoms with Gasteiger partial charge < -0.3 is 15.5 Å². The Bertz CT molecular complexity index is 788. The third kappa shape index (κ3) is 5.53. The predicted octanol–water partition coefficient (Wildman–Crippen LogP) is 2.57. The molecule has 0 radical (unpaired) electrons. The standard InChI is InChI=1S/C20H25FN4OS/c1-22-20(23-10-6-15-2-4-17(21)5-3-15)24-11-7-19(26)25-12-8-18-16(14-25)9-13-27-18/h2-5,9,13H,6-8,10-12,14H2,1H3,(H2,22,23,24). The van der Waals surface area contributed by atoms with E-state index >= 15 is 0 Å². The van der Waals surface area contributed by atoms with Crippen LogP contribution in [0.5, 0.6) is 0 Å². The lowest BCUT2D eigenvalue weighted by atomic mass is 10.1. The summed E-state index contributed by atoms with van der Waals surface area (Å²) in [5.74, 6) is 0.613. The van der Waals surface area contributed by atoms with Crippen molar-refractivity contribution in [3.63, 3.8) is 0 Å². The van der Waals surface area contributed by atoms with Crippen LogP contribution in [0.15, 0.2) is 40.7 Å². The van der Waals surface area contributed by atoms with Crippen LogP contribution in [-0.2, 0) is 24.2 Å². The number of halogens is 1. The molecule has 1 aliphatic rings. The number of rotatable bonds is 6. The zero-order valence-electron chi connectivity index (χ0n) is 15.5. The minimum absolute atomic E-state index is 0.168. The van der Waals surface area contributed by atoms with E-state index in [4.69, 9.17) is 0 Å². The van der Waals surface area contributed by atoms with Crippen LogP contribution in [0.3, 0.4) is 0 Å². The molecular weight excluding hydrogens is 363 g/mol. The smallest absolute Gasteiger partial charge is 0.224 e. The van der Waals surface area contributed by atoms with Gasteiger partial charge in [-0.15, -0.1) is 11.3 Å². The molecule has 2 aromatic rings. The van der Waals surface area contributed by atoms with E-state index in [0.717, 1.165) is 31.5 Å². The van der Waals surface area contributed by atoms with Crippen molar-refractivity contribution in [2.75, 3.05) is 26.7 Å². The summed E-state index contributed by atoms with van der Waals surface area (Å²) in [6, 6.07) is 8.61. The number of hydrogen-bond acceptors (Lipinski definition) is 3. The van der Waals surface area contributed by atoms with Gasteiger partial charge >= 0.3 is 0 Å². The Kier molecular flexibility index (Phi) is 6.81. The highest BCUT2D eigenvalue weighted by atomic mass is 32.1. The molecule has 1 amide bonds. The van der Waals surface area contributed by atoms with Gasteiger partial charge in [-0.25, -0.2) is 4.39 Å². The molecule has 0 spiro atoms. The lowest BCUT2D eigenvalue weighted by molar-refractivity contribution is -0.131. The molecule has 3 rings (SSSR count). The fourth-order valence-electron chi connectivity index (χ4n) is 3.10. The lowest BCUT2D eigenvalue weighted by Gasteiger charge is -2.27. The topological polar surface area (TPSA) is 56.7 Å². The maximum atomic E-state index is 12.9. The van der Waals surface area contributed by atoms with Gasteiger partial charge in [-0.3, -0.25) is 9.79 Å². The van der Waals surface area contributed by atoms with E-state index in [2.05, 4.69) is 27.1 Å². The SMILES string of the molecule is CN=C(NCCC(=O)N1CCc2sccc2C1)NCCc1ccc(F)cc1. The summed E-state index contributed by atoms with van der Waals surface area (Å²) in [4.78, 5) is 19.9. The first-order chi connectivity index (χ1) is 13.2. The van der Waals surface area contributed by atoms with Crippen LogP contribution in [0.2, 0.25) is 0 Å². The number of thiophene rings is 1. The average Bonchev–Trinajstić information content (AvgIpc) is 3.16. The third-order valence-corrected chi connectivity index (χ3v) is 5.66. The van der Waals surface area contributed by atoms with Gasteiger partial charge in [0.25, 0.3) is 0 Å². The maximum absolute atomic E-state index is 12.9. The zero-order valence-corrected chi connectivity index (χ0v) is 16.3. The Morgan fingerprint density at radius 2 is 2.00 bits per heavy atom. The molecule has 144 valence electrons. The first-order valence-electron chi connectivity index (χ1n) is 9.17. The highest BCUT2D eigenvalue weighted by molar-refractivity contribution is 7.10. The quantitative estimate of drug-likeness (QED) is 0.591. The molecular formula is C20H25FN4OS. The van der Waals surface area contributed by atoms with Gasteiger partial charge in [0.1, 0.15) is 5.82 Å². The number of benzene rings is 1. The van der Waals surface area contributed by atoms with E-state index in [9.17, 15) is 9.18 Å². The molecule has 27 heavy (non-hydrogen) atoms. The van der Waals surface area contributed by atoms with E-state index < -0.39 is 0 Å². The average molecular weight is 389 g/mol. The number of carbonyl (C=O) groups excluding carboxylic acids is 1. The Labute approximate surface area is 163 Å². The normalized spacial score (nSPS) is 14.0. The number of hydrogen-bond donors (Lipinski definition) is 2. The van der Waals surface area contributed by atoms with Crippen LogP contribution in [0, 0.1) is 5.82 Å². The lowest BCUT2D eigenvalue weighted by Crippen LogP contribution is -2.41. The van der Waals surface area contributed by atoms with Crippen molar-refractivity contribution in [2.24, 2.45) is 4.99 Å². The maximum Gasteiger partial charge on any atom is 0.224 e. The first kappa shape index (κ1) is 19.4. The molecule has 0 unspecified atom stereocenters. The van der Waals surface area contributed by atoms with Gasteiger partial charge in [-0.1, -0.05) is 12.1 Å². The largest absolute Gasteiger partial charge is 0.356 e. The summed E-state index contributed by atoms with van der Waals surface area (Å²) >= 11 is 1.78. The molecule has 0 atom stereocenters. The molecule has 7 heteroatoms. The van der Waals surface area contributed by atoms with Crippen molar-refractivity contribution < 1.29 is 9.18 Å². The summed E-state index contributed by atoms with van der Waals surface area (Å²) in [5, 5.41) is 8.50. The summed E-state index contributed by atoms with van der Waals surface area (Å²) in [7, 11) is 1.71. The number of fused-ring (bicyclic) bond motifs is 1. The van der Waals surface area contributed by atoms with Gasteiger partial charge in [-0.2, -0.15) is 0 Å². The van der Waals surface area contributed by atoms with Gasteiger partial charge in [-0.05, 0) is 47.5 Å². The van der Waals surface area contributed by atoms with Crippen molar-refractivity contribution in [3.05, 3.63) is 57.5 Å². The molecule has 0 fully saturated rings. The fraction of sp³-hybridized carbons (Fsp3) is 0.400. The molecule has 1 aromatic carbocycles. The first-order valence-corrected chi connectivity index (χ1v) is 10.1. The molecule has 0 aliphatic carbocycles. The molecule has 0 bridgehead atoms. The summed E-state index contributed by atoms with van der Waals surface area (Å²) < 4.78 is 12.9. The van der Waals surface area contributed by atoms with E-state index in [1.807, 2.05) is 4.90 Å². The summed E-state index contributed by atoms with van der Waals surface area (Å²) in [6.45, 7) is 2.76. The summed E-state index contributed by atoms with van der Waals surface area (Å²) in [5.41, 5.74) is 2.35. The van der Waals surface area contributed by atoms with Gasteiger partial charge in [0.05, 0.1) is 0 Å². The van der Waals surface area contributed by atoms with E-state index in [0.29, 0.717) is 25.5 Å². The molecule has 0 saturated heterocycles. The van der Waals surface area contributed by atoms with Crippen LogP contribution in [0.4, 0.5) is 4.39 Å². The van der Waals surface area contributed by atoms with E-state index in [-0.39, 0.29) is 11.7 Å². The van der Waals surface area contributed by atoms with Crippen molar-refractivity contribution in [1.29, 1.82) is 0 Å². The van der Waals surface area contributed by atoms with E-state index in [1.165, 1.54) is 22.6 Å². The van der Waals surface area contributed by atoms with Crippen molar-refractivity contribution >= 4 is 23.2 Å². The van der Waals surface area contributed by atoms with Gasteiger partial charge in [0, 0.05) is 44.5 Å². The van der Waals surface area contributed by atoms with Gasteiger partial charge in [0.2, 0.25) is 5.91 Å². The summed E-state index contributed by atoms with van der Waals surface area (Å²) in [6.07, 6.45) is 2.17. The monoisotopic (exact) mass is 388 g/mol. The minimum Gasteiger partial charge on any atom is -0.356 e. The molecule has 1 aromatic heterocycles. The molecule has 2 heterocycles. The number of aliphatic imine (C=N–C) groups is 1.